The first-order chi connectivity index (χ1) is 15.4. The van der Waals surface area contributed by atoms with Gasteiger partial charge in [-0.2, -0.15) is 0 Å². The number of carbonyl (C=O) groups is 1. The fourth-order valence-corrected chi connectivity index (χ4v) is 4.59. The zero-order valence-corrected chi connectivity index (χ0v) is 18.8. The molecule has 0 spiro atoms. The first kappa shape index (κ1) is 20.3. The molecule has 160 valence electrons. The fraction of sp³-hybridized carbons (Fsp3) is 0.200. The van der Waals surface area contributed by atoms with Crippen LogP contribution in [0.4, 0.5) is 5.13 Å². The highest BCUT2D eigenvalue weighted by Crippen LogP contribution is 2.52. The quantitative estimate of drug-likeness (QED) is 0.431. The van der Waals surface area contributed by atoms with Crippen molar-refractivity contribution >= 4 is 22.4 Å². The number of hydrogen-bond donors (Lipinski definition) is 1. The van der Waals surface area contributed by atoms with Gasteiger partial charge in [0.25, 0.3) is 0 Å². The van der Waals surface area contributed by atoms with Gasteiger partial charge in [0.1, 0.15) is 17.0 Å². The van der Waals surface area contributed by atoms with Crippen LogP contribution in [0.3, 0.4) is 0 Å². The Labute approximate surface area is 190 Å². The molecular weight excluding hydrogens is 420 g/mol. The number of benzene rings is 2. The number of carbonyl (C=O) groups excluding carboxylic acids is 1. The van der Waals surface area contributed by atoms with Crippen LogP contribution in [0, 0.1) is 12.3 Å². The Balaban J connectivity index is 1.58. The molecule has 0 saturated heterocycles. The molecule has 32 heavy (non-hydrogen) atoms. The largest absolute Gasteiger partial charge is 0.457 e. The van der Waals surface area contributed by atoms with Gasteiger partial charge in [0.2, 0.25) is 11.0 Å². The minimum Gasteiger partial charge on any atom is -0.457 e. The molecule has 0 saturated carbocycles. The van der Waals surface area contributed by atoms with E-state index in [1.165, 1.54) is 11.3 Å². The second-order valence-corrected chi connectivity index (χ2v) is 9.30. The maximum absolute atomic E-state index is 13.3. The lowest BCUT2D eigenvalue weighted by molar-refractivity contribution is -0.124. The zero-order chi connectivity index (χ0) is 22.3. The summed E-state index contributed by atoms with van der Waals surface area (Å²) < 4.78 is 6.29. The van der Waals surface area contributed by atoms with E-state index in [1.807, 2.05) is 81.6 Å². The molecule has 0 radical (unpaired) electrons. The van der Waals surface area contributed by atoms with Crippen molar-refractivity contribution in [3.05, 3.63) is 83.0 Å². The van der Waals surface area contributed by atoms with E-state index in [9.17, 15) is 4.79 Å². The van der Waals surface area contributed by atoms with Crippen molar-refractivity contribution in [2.24, 2.45) is 5.41 Å². The Morgan fingerprint density at radius 2 is 1.88 bits per heavy atom. The molecule has 4 aromatic rings. The molecule has 1 amide bonds. The molecule has 1 unspecified atom stereocenters. The summed E-state index contributed by atoms with van der Waals surface area (Å²) in [4.78, 5) is 17.9. The predicted octanol–water partition coefficient (Wildman–Crippen LogP) is 5.81. The molecule has 1 N–H and O–H groups in total. The van der Waals surface area contributed by atoms with Gasteiger partial charge in [-0.1, -0.05) is 61.6 Å². The van der Waals surface area contributed by atoms with Gasteiger partial charge >= 0.3 is 0 Å². The summed E-state index contributed by atoms with van der Waals surface area (Å²) in [5, 5.41) is 11.2. The lowest BCUT2D eigenvalue weighted by Crippen LogP contribution is -2.38. The van der Waals surface area contributed by atoms with E-state index in [4.69, 9.17) is 4.74 Å². The number of para-hydroxylation sites is 1. The Morgan fingerprint density at radius 1 is 1.06 bits per heavy atom. The number of hydrogen-bond acceptors (Lipinski definition) is 6. The number of ether oxygens (including phenoxy) is 1. The fourth-order valence-electron chi connectivity index (χ4n) is 4.15. The van der Waals surface area contributed by atoms with Crippen LogP contribution in [0.1, 0.15) is 36.5 Å². The van der Waals surface area contributed by atoms with Crippen molar-refractivity contribution in [3.63, 3.8) is 0 Å². The Kier molecular flexibility index (Phi) is 4.98. The molecule has 1 atom stereocenters. The van der Waals surface area contributed by atoms with Crippen molar-refractivity contribution in [1.29, 1.82) is 0 Å². The summed E-state index contributed by atoms with van der Waals surface area (Å²) in [6.45, 7) is 5.92. The number of aromatic nitrogens is 3. The van der Waals surface area contributed by atoms with Gasteiger partial charge in [0, 0.05) is 28.8 Å². The standard InChI is InChI=1S/C25H22N4O2S/c1-15-8-11-19(26-13-15)16-9-10-18-21(12-16)31-20-7-5-4-6-17(20)22(18)25(2,3)23(30)28-24-29-27-14-32-24/h4-14,22H,1-3H3,(H,28,29,30). The monoisotopic (exact) mass is 442 g/mol. The normalized spacial score (nSPS) is 14.8. The zero-order valence-electron chi connectivity index (χ0n) is 18.0. The highest BCUT2D eigenvalue weighted by molar-refractivity contribution is 7.13. The number of fused-ring (bicyclic) bond motifs is 2. The lowest BCUT2D eigenvalue weighted by atomic mass is 9.69. The maximum Gasteiger partial charge on any atom is 0.232 e. The number of pyridine rings is 1. The van der Waals surface area contributed by atoms with Crippen LogP contribution in [0.15, 0.2) is 66.3 Å². The van der Waals surface area contributed by atoms with E-state index in [0.717, 1.165) is 39.4 Å². The SMILES string of the molecule is Cc1ccc(-c2ccc3c(c2)Oc2ccccc2C3C(C)(C)C(=O)Nc2nncs2)nc1. The Hall–Kier alpha value is -3.58. The van der Waals surface area contributed by atoms with Crippen LogP contribution in [0.25, 0.3) is 11.3 Å². The smallest absolute Gasteiger partial charge is 0.232 e. The third-order valence-electron chi connectivity index (χ3n) is 5.87. The van der Waals surface area contributed by atoms with Gasteiger partial charge in [-0.15, -0.1) is 10.2 Å². The van der Waals surface area contributed by atoms with E-state index >= 15 is 0 Å². The molecular formula is C25H22N4O2S. The summed E-state index contributed by atoms with van der Waals surface area (Å²) in [7, 11) is 0. The Morgan fingerprint density at radius 3 is 2.62 bits per heavy atom. The molecule has 0 fully saturated rings. The highest BCUT2D eigenvalue weighted by atomic mass is 32.1. The predicted molar refractivity (Wildman–Crippen MR) is 125 cm³/mol. The maximum atomic E-state index is 13.3. The molecule has 1 aliphatic rings. The summed E-state index contributed by atoms with van der Waals surface area (Å²) >= 11 is 1.30. The number of aryl methyl sites for hydroxylation is 1. The molecule has 3 heterocycles. The summed E-state index contributed by atoms with van der Waals surface area (Å²) in [6, 6.07) is 18.0. The average Bonchev–Trinajstić information content (AvgIpc) is 3.30. The van der Waals surface area contributed by atoms with Crippen molar-refractivity contribution in [3.8, 4) is 22.8 Å². The number of rotatable bonds is 4. The second-order valence-electron chi connectivity index (χ2n) is 8.47. The summed E-state index contributed by atoms with van der Waals surface area (Å²) in [5.74, 6) is 1.18. The van der Waals surface area contributed by atoms with Crippen molar-refractivity contribution in [1.82, 2.24) is 15.2 Å². The van der Waals surface area contributed by atoms with E-state index in [-0.39, 0.29) is 11.8 Å². The Bertz CT molecular complexity index is 1280. The number of anilines is 1. The molecule has 1 aliphatic heterocycles. The van der Waals surface area contributed by atoms with Crippen LogP contribution in [-0.2, 0) is 4.79 Å². The van der Waals surface area contributed by atoms with Crippen LogP contribution >= 0.6 is 11.3 Å². The minimum absolute atomic E-state index is 0.119. The van der Waals surface area contributed by atoms with Crippen LogP contribution in [-0.4, -0.2) is 21.1 Å². The second kappa shape index (κ2) is 7.84. The summed E-state index contributed by atoms with van der Waals surface area (Å²) in [6.07, 6.45) is 1.86. The first-order valence-electron chi connectivity index (χ1n) is 10.3. The number of amides is 1. The lowest BCUT2D eigenvalue weighted by Gasteiger charge is -2.38. The van der Waals surface area contributed by atoms with E-state index in [1.54, 1.807) is 5.51 Å². The van der Waals surface area contributed by atoms with Gasteiger partial charge in [0.15, 0.2) is 0 Å². The highest BCUT2D eigenvalue weighted by Gasteiger charge is 2.43. The summed E-state index contributed by atoms with van der Waals surface area (Å²) in [5.41, 5.74) is 5.74. The molecule has 0 aliphatic carbocycles. The van der Waals surface area contributed by atoms with E-state index < -0.39 is 5.41 Å². The van der Waals surface area contributed by atoms with Gasteiger partial charge in [-0.05, 0) is 30.7 Å². The third kappa shape index (κ3) is 3.54. The van der Waals surface area contributed by atoms with Gasteiger partial charge in [-0.3, -0.25) is 9.78 Å². The molecule has 5 rings (SSSR count). The van der Waals surface area contributed by atoms with Crippen molar-refractivity contribution < 1.29 is 9.53 Å². The number of nitrogens with one attached hydrogen (secondary N) is 1. The van der Waals surface area contributed by atoms with Gasteiger partial charge in [0.05, 0.1) is 11.1 Å². The minimum atomic E-state index is -0.774. The average molecular weight is 443 g/mol. The molecule has 6 nitrogen and oxygen atoms in total. The van der Waals surface area contributed by atoms with Crippen LogP contribution < -0.4 is 10.1 Å². The van der Waals surface area contributed by atoms with E-state index in [2.05, 4.69) is 20.5 Å². The molecule has 7 heteroatoms. The first-order valence-corrected chi connectivity index (χ1v) is 11.2. The van der Waals surface area contributed by atoms with Crippen molar-refractivity contribution in [2.75, 3.05) is 5.32 Å². The van der Waals surface area contributed by atoms with Crippen LogP contribution in [0.2, 0.25) is 0 Å². The van der Waals surface area contributed by atoms with E-state index in [0.29, 0.717) is 5.13 Å². The van der Waals surface area contributed by atoms with Gasteiger partial charge < -0.3 is 10.1 Å². The third-order valence-corrected chi connectivity index (χ3v) is 6.48. The number of nitrogens with zero attached hydrogens (tertiary/aromatic N) is 3. The molecule has 0 bridgehead atoms. The topological polar surface area (TPSA) is 77.0 Å². The van der Waals surface area contributed by atoms with Crippen molar-refractivity contribution in [2.45, 2.75) is 26.7 Å². The molecule has 2 aromatic heterocycles. The molecule has 2 aromatic carbocycles. The van der Waals surface area contributed by atoms with Crippen LogP contribution in [0.5, 0.6) is 11.5 Å². The van der Waals surface area contributed by atoms with Gasteiger partial charge in [-0.25, -0.2) is 0 Å².